The number of hydrogen-bond acceptors (Lipinski definition) is 5. The van der Waals surface area contributed by atoms with Crippen LogP contribution >= 0.6 is 22.9 Å². The second kappa shape index (κ2) is 4.92. The Labute approximate surface area is 120 Å². The van der Waals surface area contributed by atoms with E-state index < -0.39 is 9.84 Å². The number of hydrogen-bond donors (Lipinski definition) is 1. The molecule has 0 radical (unpaired) electrons. The van der Waals surface area contributed by atoms with Gasteiger partial charge < -0.3 is 5.32 Å². The standard InChI is InChI=1S/C12H13ClN2O2S2/c13-9-2-1-3-10-11(9)18-12(15-10)14-6-8-4-5-19(16,17)7-8/h1-3,8H,4-7H2,(H,14,15). The minimum Gasteiger partial charge on any atom is -0.361 e. The van der Waals surface area contributed by atoms with Crippen LogP contribution in [0.25, 0.3) is 10.2 Å². The Morgan fingerprint density at radius 1 is 1.47 bits per heavy atom. The summed E-state index contributed by atoms with van der Waals surface area (Å²) in [4.78, 5) is 4.44. The largest absolute Gasteiger partial charge is 0.361 e. The fraction of sp³-hybridized carbons (Fsp3) is 0.417. The predicted octanol–water partition coefficient (Wildman–Crippen LogP) is 2.80. The molecule has 0 bridgehead atoms. The van der Waals surface area contributed by atoms with Crippen LogP contribution < -0.4 is 5.32 Å². The molecule has 102 valence electrons. The molecule has 2 aromatic rings. The Balaban J connectivity index is 1.71. The van der Waals surface area contributed by atoms with Gasteiger partial charge in [0.15, 0.2) is 15.0 Å². The van der Waals surface area contributed by atoms with Gasteiger partial charge in [-0.2, -0.15) is 0 Å². The highest BCUT2D eigenvalue weighted by Gasteiger charge is 2.27. The number of sulfone groups is 1. The first kappa shape index (κ1) is 13.1. The molecule has 0 saturated carbocycles. The molecule has 1 unspecified atom stereocenters. The van der Waals surface area contributed by atoms with Crippen molar-refractivity contribution in [2.24, 2.45) is 5.92 Å². The molecule has 1 aliphatic rings. The van der Waals surface area contributed by atoms with Crippen molar-refractivity contribution in [3.63, 3.8) is 0 Å². The molecule has 0 spiro atoms. The molecule has 0 amide bonds. The molecular formula is C12H13ClN2O2S2. The van der Waals surface area contributed by atoms with E-state index in [4.69, 9.17) is 11.6 Å². The van der Waals surface area contributed by atoms with Crippen molar-refractivity contribution in [2.75, 3.05) is 23.4 Å². The van der Waals surface area contributed by atoms with Crippen molar-refractivity contribution >= 4 is 48.1 Å². The van der Waals surface area contributed by atoms with Crippen LogP contribution in [0.5, 0.6) is 0 Å². The highest BCUT2D eigenvalue weighted by Crippen LogP contribution is 2.32. The lowest BCUT2D eigenvalue weighted by atomic mass is 10.1. The topological polar surface area (TPSA) is 59.1 Å². The van der Waals surface area contributed by atoms with Gasteiger partial charge in [-0.15, -0.1) is 0 Å². The fourth-order valence-electron chi connectivity index (χ4n) is 2.26. The highest BCUT2D eigenvalue weighted by molar-refractivity contribution is 7.91. The van der Waals surface area contributed by atoms with E-state index >= 15 is 0 Å². The van der Waals surface area contributed by atoms with Crippen LogP contribution in [0.2, 0.25) is 5.02 Å². The molecule has 1 saturated heterocycles. The first-order chi connectivity index (χ1) is 9.03. The van der Waals surface area contributed by atoms with E-state index in [0.717, 1.165) is 21.8 Å². The maximum Gasteiger partial charge on any atom is 0.183 e. The van der Waals surface area contributed by atoms with Gasteiger partial charge in [-0.25, -0.2) is 13.4 Å². The third kappa shape index (κ3) is 2.85. The highest BCUT2D eigenvalue weighted by atomic mass is 35.5. The summed E-state index contributed by atoms with van der Waals surface area (Å²) in [6.45, 7) is 0.649. The number of anilines is 1. The molecule has 2 heterocycles. The lowest BCUT2D eigenvalue weighted by molar-refractivity contribution is 0.596. The molecule has 4 nitrogen and oxygen atoms in total. The molecule has 1 aromatic heterocycles. The van der Waals surface area contributed by atoms with Crippen molar-refractivity contribution in [2.45, 2.75) is 6.42 Å². The molecule has 1 atom stereocenters. The number of thiazole rings is 1. The molecule has 19 heavy (non-hydrogen) atoms. The van der Waals surface area contributed by atoms with Gasteiger partial charge in [-0.1, -0.05) is 29.0 Å². The molecule has 1 aliphatic heterocycles. The summed E-state index contributed by atoms with van der Waals surface area (Å²) < 4.78 is 23.7. The molecule has 7 heteroatoms. The van der Waals surface area contributed by atoms with Gasteiger partial charge in [0.1, 0.15) is 0 Å². The van der Waals surface area contributed by atoms with Crippen LogP contribution in [0.15, 0.2) is 18.2 Å². The average Bonchev–Trinajstić information content (AvgIpc) is 2.91. The average molecular weight is 317 g/mol. The minimum absolute atomic E-state index is 0.187. The first-order valence-corrected chi connectivity index (χ1v) is 9.04. The predicted molar refractivity (Wildman–Crippen MR) is 79.9 cm³/mol. The molecule has 3 rings (SSSR count). The second-order valence-electron chi connectivity index (χ2n) is 4.76. The monoisotopic (exact) mass is 316 g/mol. The number of fused-ring (bicyclic) bond motifs is 1. The van der Waals surface area contributed by atoms with Gasteiger partial charge in [0.2, 0.25) is 0 Å². The van der Waals surface area contributed by atoms with Crippen molar-refractivity contribution in [3.8, 4) is 0 Å². The normalized spacial score (nSPS) is 21.8. The summed E-state index contributed by atoms with van der Waals surface area (Å²) in [6.07, 6.45) is 0.737. The van der Waals surface area contributed by atoms with E-state index in [0.29, 0.717) is 17.3 Å². The molecule has 1 fully saturated rings. The smallest absolute Gasteiger partial charge is 0.183 e. The zero-order valence-corrected chi connectivity index (χ0v) is 12.5. The third-order valence-corrected chi connectivity index (χ3v) is 6.56. The van der Waals surface area contributed by atoms with Gasteiger partial charge in [-0.3, -0.25) is 0 Å². The number of nitrogens with zero attached hydrogens (tertiary/aromatic N) is 1. The summed E-state index contributed by atoms with van der Waals surface area (Å²) in [7, 11) is -2.81. The lowest BCUT2D eigenvalue weighted by Gasteiger charge is -2.07. The van der Waals surface area contributed by atoms with E-state index in [-0.39, 0.29) is 11.7 Å². The van der Waals surface area contributed by atoms with Gasteiger partial charge in [0.05, 0.1) is 26.7 Å². The fourth-order valence-corrected chi connectivity index (χ4v) is 5.28. The zero-order valence-electron chi connectivity index (χ0n) is 10.1. The zero-order chi connectivity index (χ0) is 13.5. The van der Waals surface area contributed by atoms with Crippen molar-refractivity contribution in [1.82, 2.24) is 4.98 Å². The maximum atomic E-state index is 11.4. The van der Waals surface area contributed by atoms with Crippen LogP contribution in [0.3, 0.4) is 0 Å². The maximum absolute atomic E-state index is 11.4. The van der Waals surface area contributed by atoms with Crippen LogP contribution in [0.1, 0.15) is 6.42 Å². The van der Waals surface area contributed by atoms with Crippen molar-refractivity contribution < 1.29 is 8.42 Å². The van der Waals surface area contributed by atoms with E-state index in [1.165, 1.54) is 11.3 Å². The van der Waals surface area contributed by atoms with E-state index in [2.05, 4.69) is 10.3 Å². The van der Waals surface area contributed by atoms with Crippen molar-refractivity contribution in [3.05, 3.63) is 23.2 Å². The van der Waals surface area contributed by atoms with Crippen LogP contribution in [-0.2, 0) is 9.84 Å². The van der Waals surface area contributed by atoms with Crippen molar-refractivity contribution in [1.29, 1.82) is 0 Å². The van der Waals surface area contributed by atoms with Gasteiger partial charge >= 0.3 is 0 Å². The SMILES string of the molecule is O=S1(=O)CCC(CNc2nc3cccc(Cl)c3s2)C1. The van der Waals surface area contributed by atoms with Gasteiger partial charge in [0, 0.05) is 6.54 Å². The Bertz CT molecular complexity index is 712. The lowest BCUT2D eigenvalue weighted by Crippen LogP contribution is -2.15. The summed E-state index contributed by atoms with van der Waals surface area (Å²) >= 11 is 7.60. The molecule has 0 aliphatic carbocycles. The Kier molecular flexibility index (Phi) is 3.41. The molecule has 1 aromatic carbocycles. The van der Waals surface area contributed by atoms with E-state index in [1.54, 1.807) is 0 Å². The second-order valence-corrected chi connectivity index (χ2v) is 8.39. The van der Waals surface area contributed by atoms with Crippen LogP contribution in [-0.4, -0.2) is 31.5 Å². The number of rotatable bonds is 3. The summed E-state index contributed by atoms with van der Waals surface area (Å²) in [5, 5.41) is 4.72. The minimum atomic E-state index is -2.81. The van der Waals surface area contributed by atoms with Gasteiger partial charge in [0.25, 0.3) is 0 Å². The number of benzene rings is 1. The first-order valence-electron chi connectivity index (χ1n) is 6.03. The molecular weight excluding hydrogens is 304 g/mol. The Morgan fingerprint density at radius 2 is 2.32 bits per heavy atom. The Hall–Kier alpha value is -0.850. The number of nitrogens with one attached hydrogen (secondary N) is 1. The number of halogens is 1. The summed E-state index contributed by atoms with van der Waals surface area (Å²) in [5.41, 5.74) is 0.874. The third-order valence-electron chi connectivity index (χ3n) is 3.24. The van der Waals surface area contributed by atoms with Crippen LogP contribution in [0.4, 0.5) is 5.13 Å². The Morgan fingerprint density at radius 3 is 3.00 bits per heavy atom. The van der Waals surface area contributed by atoms with E-state index in [9.17, 15) is 8.42 Å². The van der Waals surface area contributed by atoms with E-state index in [1.807, 2.05) is 18.2 Å². The quantitative estimate of drug-likeness (QED) is 0.946. The van der Waals surface area contributed by atoms with Crippen LogP contribution in [0, 0.1) is 5.92 Å². The summed E-state index contributed by atoms with van der Waals surface area (Å²) in [6, 6.07) is 5.63. The molecule has 1 N–H and O–H groups in total. The number of aromatic nitrogens is 1. The van der Waals surface area contributed by atoms with Gasteiger partial charge in [-0.05, 0) is 24.5 Å². The summed E-state index contributed by atoms with van der Waals surface area (Å²) in [5.74, 6) is 0.781.